The zero-order valence-corrected chi connectivity index (χ0v) is 11.6. The highest BCUT2D eigenvalue weighted by molar-refractivity contribution is 5.91. The summed E-state index contributed by atoms with van der Waals surface area (Å²) < 4.78 is 10.3. The summed E-state index contributed by atoms with van der Waals surface area (Å²) in [7, 11) is 1.42. The van der Waals surface area contributed by atoms with E-state index in [1.807, 2.05) is 19.1 Å². The van der Waals surface area contributed by atoms with E-state index in [1.165, 1.54) is 7.11 Å². The Morgan fingerprint density at radius 3 is 3.00 bits per heavy atom. The molecule has 0 N–H and O–H groups in total. The number of rotatable bonds is 3. The van der Waals surface area contributed by atoms with Crippen LogP contribution in [0.4, 0.5) is 0 Å². The second-order valence-electron chi connectivity index (χ2n) is 4.88. The Balaban J connectivity index is 2.09. The molecule has 0 bridgehead atoms. The molecule has 19 heavy (non-hydrogen) atoms. The lowest BCUT2D eigenvalue weighted by molar-refractivity contribution is 0.0599. The summed E-state index contributed by atoms with van der Waals surface area (Å²) in [5.74, 6) is -0.265. The molecule has 0 radical (unpaired) electrons. The molecule has 0 aliphatic carbocycles. The fourth-order valence-corrected chi connectivity index (χ4v) is 2.31. The van der Waals surface area contributed by atoms with E-state index in [0.29, 0.717) is 5.56 Å². The molecule has 0 atom stereocenters. The number of carbonyl (C=O) groups is 1. The van der Waals surface area contributed by atoms with Crippen LogP contribution in [-0.2, 0) is 16.0 Å². The van der Waals surface area contributed by atoms with Gasteiger partial charge in [0.05, 0.1) is 19.3 Å². The minimum absolute atomic E-state index is 0.265. The molecule has 4 heteroatoms. The van der Waals surface area contributed by atoms with Crippen molar-refractivity contribution in [3.63, 3.8) is 0 Å². The van der Waals surface area contributed by atoms with E-state index in [0.717, 1.165) is 50.4 Å². The quantitative estimate of drug-likeness (QED) is 0.782. The van der Waals surface area contributed by atoms with E-state index >= 15 is 0 Å². The number of hydrogen-bond acceptors (Lipinski definition) is 4. The van der Waals surface area contributed by atoms with Gasteiger partial charge >= 0.3 is 5.97 Å². The molecule has 1 aromatic rings. The summed E-state index contributed by atoms with van der Waals surface area (Å²) >= 11 is 0. The lowest BCUT2D eigenvalue weighted by atomic mass is 10.0. The van der Waals surface area contributed by atoms with Crippen LogP contribution in [0.3, 0.4) is 0 Å². The fourth-order valence-electron chi connectivity index (χ4n) is 2.31. The minimum Gasteiger partial charge on any atom is -0.465 e. The van der Waals surface area contributed by atoms with Gasteiger partial charge in [-0.1, -0.05) is 12.1 Å². The standard InChI is InChI=1S/C15H21NO3/c1-12-4-5-13(10-14(12)15(17)18-2)11-16-6-3-8-19-9-7-16/h4-5,10H,3,6-9,11H2,1-2H3. The molecule has 1 saturated heterocycles. The predicted molar refractivity (Wildman–Crippen MR) is 73.2 cm³/mol. The Labute approximate surface area is 114 Å². The molecule has 1 heterocycles. The van der Waals surface area contributed by atoms with Crippen molar-refractivity contribution in [3.05, 3.63) is 34.9 Å². The van der Waals surface area contributed by atoms with Gasteiger partial charge in [0.15, 0.2) is 0 Å². The predicted octanol–water partition coefficient (Wildman–Crippen LogP) is 2.00. The number of methoxy groups -OCH3 is 1. The fraction of sp³-hybridized carbons (Fsp3) is 0.533. The molecule has 0 saturated carbocycles. The number of benzene rings is 1. The first kappa shape index (κ1) is 14.0. The smallest absolute Gasteiger partial charge is 0.338 e. The Bertz CT molecular complexity index is 437. The highest BCUT2D eigenvalue weighted by Gasteiger charge is 2.13. The summed E-state index contributed by atoms with van der Waals surface area (Å²) in [5, 5.41) is 0. The molecule has 104 valence electrons. The van der Waals surface area contributed by atoms with Gasteiger partial charge in [0.1, 0.15) is 0 Å². The lowest BCUT2D eigenvalue weighted by Crippen LogP contribution is -2.26. The van der Waals surface area contributed by atoms with Crippen LogP contribution in [0.25, 0.3) is 0 Å². The summed E-state index contributed by atoms with van der Waals surface area (Å²) in [5.41, 5.74) is 2.76. The Morgan fingerprint density at radius 2 is 2.21 bits per heavy atom. The van der Waals surface area contributed by atoms with Crippen molar-refractivity contribution in [3.8, 4) is 0 Å². The van der Waals surface area contributed by atoms with Crippen molar-refractivity contribution in [1.29, 1.82) is 0 Å². The van der Waals surface area contributed by atoms with Gasteiger partial charge in [-0.25, -0.2) is 4.79 Å². The van der Waals surface area contributed by atoms with E-state index in [2.05, 4.69) is 11.0 Å². The first-order valence-electron chi connectivity index (χ1n) is 6.68. The van der Waals surface area contributed by atoms with Crippen molar-refractivity contribution < 1.29 is 14.3 Å². The van der Waals surface area contributed by atoms with Gasteiger partial charge in [0, 0.05) is 26.2 Å². The third-order valence-corrected chi connectivity index (χ3v) is 3.43. The van der Waals surface area contributed by atoms with E-state index in [1.54, 1.807) is 0 Å². The van der Waals surface area contributed by atoms with E-state index in [9.17, 15) is 4.79 Å². The van der Waals surface area contributed by atoms with E-state index < -0.39 is 0 Å². The first-order chi connectivity index (χ1) is 9.20. The van der Waals surface area contributed by atoms with Gasteiger partial charge in [-0.3, -0.25) is 4.90 Å². The average molecular weight is 263 g/mol. The SMILES string of the molecule is COC(=O)c1cc(CN2CCCOCC2)ccc1C. The molecule has 0 aromatic heterocycles. The summed E-state index contributed by atoms with van der Waals surface area (Å²) in [6.45, 7) is 6.40. The number of nitrogens with zero attached hydrogens (tertiary/aromatic N) is 1. The molecule has 2 rings (SSSR count). The average Bonchev–Trinajstić information content (AvgIpc) is 2.68. The van der Waals surface area contributed by atoms with Crippen LogP contribution in [0.5, 0.6) is 0 Å². The van der Waals surface area contributed by atoms with Crippen molar-refractivity contribution in [1.82, 2.24) is 4.90 Å². The molecule has 1 aliphatic heterocycles. The van der Waals surface area contributed by atoms with Gasteiger partial charge in [-0.15, -0.1) is 0 Å². The summed E-state index contributed by atoms with van der Waals surface area (Å²) in [6.07, 6.45) is 1.07. The van der Waals surface area contributed by atoms with Crippen molar-refractivity contribution in [2.45, 2.75) is 19.9 Å². The zero-order chi connectivity index (χ0) is 13.7. The number of ether oxygens (including phenoxy) is 2. The number of hydrogen-bond donors (Lipinski definition) is 0. The third kappa shape index (κ3) is 3.78. The van der Waals surface area contributed by atoms with Crippen molar-refractivity contribution in [2.75, 3.05) is 33.4 Å². The molecule has 0 amide bonds. The van der Waals surface area contributed by atoms with Crippen LogP contribution in [0, 0.1) is 6.92 Å². The van der Waals surface area contributed by atoms with Crippen LogP contribution < -0.4 is 0 Å². The Kier molecular flexibility index (Phi) is 4.93. The normalized spacial score (nSPS) is 16.9. The molecule has 0 spiro atoms. The second-order valence-corrected chi connectivity index (χ2v) is 4.88. The largest absolute Gasteiger partial charge is 0.465 e. The molecule has 4 nitrogen and oxygen atoms in total. The molecule has 1 aromatic carbocycles. The molecule has 1 aliphatic rings. The van der Waals surface area contributed by atoms with Gasteiger partial charge < -0.3 is 9.47 Å². The number of esters is 1. The maximum atomic E-state index is 11.7. The van der Waals surface area contributed by atoms with E-state index in [-0.39, 0.29) is 5.97 Å². The number of carbonyl (C=O) groups excluding carboxylic acids is 1. The van der Waals surface area contributed by atoms with Crippen LogP contribution in [0.15, 0.2) is 18.2 Å². The summed E-state index contributed by atoms with van der Waals surface area (Å²) in [4.78, 5) is 14.0. The van der Waals surface area contributed by atoms with Crippen molar-refractivity contribution >= 4 is 5.97 Å². The van der Waals surface area contributed by atoms with Crippen LogP contribution in [0.1, 0.15) is 27.9 Å². The molecular weight excluding hydrogens is 242 g/mol. The first-order valence-corrected chi connectivity index (χ1v) is 6.68. The van der Waals surface area contributed by atoms with Crippen LogP contribution in [-0.4, -0.2) is 44.3 Å². The monoisotopic (exact) mass is 263 g/mol. The van der Waals surface area contributed by atoms with Crippen LogP contribution >= 0.6 is 0 Å². The number of aryl methyl sites for hydroxylation is 1. The lowest BCUT2D eigenvalue weighted by Gasteiger charge is -2.19. The minimum atomic E-state index is -0.265. The van der Waals surface area contributed by atoms with Gasteiger partial charge in [-0.2, -0.15) is 0 Å². The Hall–Kier alpha value is -1.39. The van der Waals surface area contributed by atoms with Gasteiger partial charge in [0.25, 0.3) is 0 Å². The molecular formula is C15H21NO3. The maximum absolute atomic E-state index is 11.7. The van der Waals surface area contributed by atoms with E-state index in [4.69, 9.17) is 9.47 Å². The topological polar surface area (TPSA) is 38.8 Å². The summed E-state index contributed by atoms with van der Waals surface area (Å²) in [6, 6.07) is 6.00. The highest BCUT2D eigenvalue weighted by atomic mass is 16.5. The zero-order valence-electron chi connectivity index (χ0n) is 11.6. The Morgan fingerprint density at radius 1 is 1.37 bits per heavy atom. The van der Waals surface area contributed by atoms with Gasteiger partial charge in [-0.05, 0) is 30.5 Å². The van der Waals surface area contributed by atoms with Crippen LogP contribution in [0.2, 0.25) is 0 Å². The van der Waals surface area contributed by atoms with Crippen molar-refractivity contribution in [2.24, 2.45) is 0 Å². The highest BCUT2D eigenvalue weighted by Crippen LogP contribution is 2.15. The molecule has 0 unspecified atom stereocenters. The van der Waals surface area contributed by atoms with Gasteiger partial charge in [0.2, 0.25) is 0 Å². The maximum Gasteiger partial charge on any atom is 0.338 e. The third-order valence-electron chi connectivity index (χ3n) is 3.43. The second kappa shape index (κ2) is 6.68. The molecule has 1 fully saturated rings.